The van der Waals surface area contributed by atoms with Crippen LogP contribution in [-0.2, 0) is 11.8 Å². The van der Waals surface area contributed by atoms with E-state index in [2.05, 4.69) is 4.98 Å². The average Bonchev–Trinajstić information content (AvgIpc) is 2.69. The van der Waals surface area contributed by atoms with Crippen LogP contribution in [0.4, 0.5) is 10.3 Å². The van der Waals surface area contributed by atoms with E-state index in [1.807, 2.05) is 30.9 Å². The Morgan fingerprint density at radius 2 is 1.90 bits per heavy atom. The summed E-state index contributed by atoms with van der Waals surface area (Å²) < 4.78 is 22.1. The van der Waals surface area contributed by atoms with Crippen LogP contribution in [0.2, 0.25) is 0 Å². The zero-order chi connectivity index (χ0) is 20.6. The van der Waals surface area contributed by atoms with Crippen LogP contribution < -0.4 is 10.5 Å². The Morgan fingerprint density at radius 1 is 1.17 bits per heavy atom. The Morgan fingerprint density at radius 3 is 2.62 bits per heavy atom. The van der Waals surface area contributed by atoms with Gasteiger partial charge in [0.25, 0.3) is 5.56 Å². The number of morpholine rings is 1. The van der Waals surface area contributed by atoms with Crippen LogP contribution in [0.25, 0.3) is 11.3 Å². The van der Waals surface area contributed by atoms with Crippen molar-refractivity contribution in [3.8, 4) is 11.3 Å². The van der Waals surface area contributed by atoms with Crippen molar-refractivity contribution in [1.82, 2.24) is 14.5 Å². The molecule has 0 saturated carbocycles. The average molecular weight is 394 g/mol. The Bertz CT molecular complexity index is 1080. The van der Waals surface area contributed by atoms with Gasteiger partial charge in [0.15, 0.2) is 0 Å². The molecule has 0 spiro atoms. The summed E-state index contributed by atoms with van der Waals surface area (Å²) in [7, 11) is 1.70. The Labute approximate surface area is 168 Å². The van der Waals surface area contributed by atoms with Gasteiger partial charge in [-0.15, -0.1) is 0 Å². The standard InChI is InChI=1S/C22H23FN4O2/c1-22(2)14-27(13-19(29-22)16-6-4-5-7-17(16)23)21-25-18(12-20(28)26(21)3)15-8-10-24-11-9-15/h4-12,19H,13-14H2,1-3H3. The molecule has 0 N–H and O–H groups in total. The van der Waals surface area contributed by atoms with Gasteiger partial charge >= 0.3 is 0 Å². The lowest BCUT2D eigenvalue weighted by Crippen LogP contribution is -2.51. The van der Waals surface area contributed by atoms with E-state index in [1.165, 1.54) is 16.7 Å². The molecule has 2 aromatic heterocycles. The molecule has 0 amide bonds. The first-order valence-corrected chi connectivity index (χ1v) is 9.50. The fraction of sp³-hybridized carbons (Fsp3) is 0.318. The molecule has 1 atom stereocenters. The van der Waals surface area contributed by atoms with Crippen LogP contribution in [0.3, 0.4) is 0 Å². The van der Waals surface area contributed by atoms with Crippen LogP contribution >= 0.6 is 0 Å². The third-order valence-corrected chi connectivity index (χ3v) is 5.04. The van der Waals surface area contributed by atoms with Gasteiger partial charge in [0.05, 0.1) is 17.8 Å². The lowest BCUT2D eigenvalue weighted by molar-refractivity contribution is -0.0872. The molecule has 0 radical (unpaired) electrons. The van der Waals surface area contributed by atoms with Crippen molar-refractivity contribution >= 4 is 5.95 Å². The highest BCUT2D eigenvalue weighted by Crippen LogP contribution is 2.34. The summed E-state index contributed by atoms with van der Waals surface area (Å²) in [6, 6.07) is 11.8. The van der Waals surface area contributed by atoms with Crippen molar-refractivity contribution in [2.75, 3.05) is 18.0 Å². The number of benzene rings is 1. The zero-order valence-electron chi connectivity index (χ0n) is 16.7. The minimum absolute atomic E-state index is 0.159. The van der Waals surface area contributed by atoms with Crippen LogP contribution in [0.1, 0.15) is 25.5 Å². The maximum atomic E-state index is 14.4. The van der Waals surface area contributed by atoms with Gasteiger partial charge in [0, 0.05) is 43.2 Å². The number of halogens is 1. The number of pyridine rings is 1. The number of hydrogen-bond donors (Lipinski definition) is 0. The van der Waals surface area contributed by atoms with Gasteiger partial charge in [-0.25, -0.2) is 9.37 Å². The molecule has 1 unspecified atom stereocenters. The van der Waals surface area contributed by atoms with E-state index < -0.39 is 11.7 Å². The SMILES string of the molecule is Cn1c(N2CC(c3ccccc3F)OC(C)(C)C2)nc(-c2ccncc2)cc1=O. The van der Waals surface area contributed by atoms with Gasteiger partial charge < -0.3 is 9.64 Å². The molecular weight excluding hydrogens is 371 g/mol. The van der Waals surface area contributed by atoms with E-state index in [-0.39, 0.29) is 11.4 Å². The normalized spacial score (nSPS) is 18.6. The lowest BCUT2D eigenvalue weighted by atomic mass is 10.0. The topological polar surface area (TPSA) is 60.2 Å². The van der Waals surface area contributed by atoms with Gasteiger partial charge in [0.2, 0.25) is 5.95 Å². The van der Waals surface area contributed by atoms with E-state index in [9.17, 15) is 9.18 Å². The molecule has 0 aliphatic carbocycles. The van der Waals surface area contributed by atoms with E-state index in [0.29, 0.717) is 30.3 Å². The summed E-state index contributed by atoms with van der Waals surface area (Å²) in [5.74, 6) is 0.226. The van der Waals surface area contributed by atoms with Gasteiger partial charge in [-0.2, -0.15) is 0 Å². The maximum absolute atomic E-state index is 14.4. The molecule has 3 heterocycles. The molecule has 0 bridgehead atoms. The van der Waals surface area contributed by atoms with Gasteiger partial charge in [-0.05, 0) is 32.0 Å². The van der Waals surface area contributed by atoms with Crippen LogP contribution in [-0.4, -0.2) is 33.2 Å². The minimum Gasteiger partial charge on any atom is -0.364 e. The summed E-state index contributed by atoms with van der Waals surface area (Å²) in [5.41, 5.74) is 1.19. The summed E-state index contributed by atoms with van der Waals surface area (Å²) in [4.78, 5) is 23.4. The molecule has 6 nitrogen and oxygen atoms in total. The fourth-order valence-electron chi connectivity index (χ4n) is 3.72. The van der Waals surface area contributed by atoms with Gasteiger partial charge in [-0.1, -0.05) is 18.2 Å². The van der Waals surface area contributed by atoms with Crippen molar-refractivity contribution in [3.63, 3.8) is 0 Å². The number of rotatable bonds is 3. The molecular formula is C22H23FN4O2. The number of hydrogen-bond acceptors (Lipinski definition) is 5. The van der Waals surface area contributed by atoms with E-state index in [0.717, 1.165) is 5.56 Å². The first kappa shape index (κ1) is 19.3. The number of aromatic nitrogens is 3. The van der Waals surface area contributed by atoms with Crippen LogP contribution in [0.15, 0.2) is 59.7 Å². The second-order valence-corrected chi connectivity index (χ2v) is 7.84. The number of anilines is 1. The van der Waals surface area contributed by atoms with Crippen molar-refractivity contribution in [3.05, 3.63) is 76.6 Å². The maximum Gasteiger partial charge on any atom is 0.255 e. The Kier molecular flexibility index (Phi) is 4.92. The highest BCUT2D eigenvalue weighted by Gasteiger charge is 2.36. The molecule has 4 rings (SSSR count). The number of ether oxygens (including phenoxy) is 1. The largest absolute Gasteiger partial charge is 0.364 e. The quantitative estimate of drug-likeness (QED) is 0.682. The smallest absolute Gasteiger partial charge is 0.255 e. The lowest BCUT2D eigenvalue weighted by Gasteiger charge is -2.43. The van der Waals surface area contributed by atoms with Crippen molar-refractivity contribution in [1.29, 1.82) is 0 Å². The van der Waals surface area contributed by atoms with Gasteiger partial charge in [0.1, 0.15) is 11.9 Å². The summed E-state index contributed by atoms with van der Waals surface area (Å²) >= 11 is 0. The molecule has 7 heteroatoms. The van der Waals surface area contributed by atoms with Crippen molar-refractivity contribution < 1.29 is 9.13 Å². The predicted octanol–water partition coefficient (Wildman–Crippen LogP) is 3.34. The summed E-state index contributed by atoms with van der Waals surface area (Å²) in [6.07, 6.45) is 2.86. The van der Waals surface area contributed by atoms with E-state index >= 15 is 0 Å². The molecule has 29 heavy (non-hydrogen) atoms. The Hall–Kier alpha value is -3.06. The highest BCUT2D eigenvalue weighted by atomic mass is 19.1. The molecule has 3 aromatic rings. The van der Waals surface area contributed by atoms with E-state index in [1.54, 1.807) is 37.6 Å². The van der Waals surface area contributed by atoms with Crippen molar-refractivity contribution in [2.24, 2.45) is 7.05 Å². The minimum atomic E-state index is -0.546. The van der Waals surface area contributed by atoms with Crippen LogP contribution in [0.5, 0.6) is 0 Å². The molecule has 1 aliphatic rings. The molecule has 150 valence electrons. The third kappa shape index (κ3) is 3.91. The molecule has 1 fully saturated rings. The van der Waals surface area contributed by atoms with Gasteiger partial charge in [-0.3, -0.25) is 14.3 Å². The molecule has 1 saturated heterocycles. The third-order valence-electron chi connectivity index (χ3n) is 5.04. The number of nitrogens with zero attached hydrogens (tertiary/aromatic N) is 4. The Balaban J connectivity index is 1.76. The monoisotopic (exact) mass is 394 g/mol. The second-order valence-electron chi connectivity index (χ2n) is 7.84. The summed E-state index contributed by atoms with van der Waals surface area (Å²) in [5, 5.41) is 0. The van der Waals surface area contributed by atoms with Crippen LogP contribution in [0, 0.1) is 5.82 Å². The highest BCUT2D eigenvalue weighted by molar-refractivity contribution is 5.59. The second kappa shape index (κ2) is 7.40. The first-order valence-electron chi connectivity index (χ1n) is 9.50. The predicted molar refractivity (Wildman–Crippen MR) is 109 cm³/mol. The van der Waals surface area contributed by atoms with Crippen molar-refractivity contribution in [2.45, 2.75) is 25.6 Å². The fourth-order valence-corrected chi connectivity index (χ4v) is 3.72. The first-order chi connectivity index (χ1) is 13.8. The molecule has 1 aromatic carbocycles. The van der Waals surface area contributed by atoms with E-state index in [4.69, 9.17) is 9.72 Å². The zero-order valence-corrected chi connectivity index (χ0v) is 16.7. The molecule has 1 aliphatic heterocycles. The summed E-state index contributed by atoms with van der Waals surface area (Å²) in [6.45, 7) is 4.83.